The topological polar surface area (TPSA) is 48.4 Å². The summed E-state index contributed by atoms with van der Waals surface area (Å²) in [5.41, 5.74) is 2.54. The molecule has 0 amide bonds. The first-order valence-electron chi connectivity index (χ1n) is 8.00. The summed E-state index contributed by atoms with van der Waals surface area (Å²) in [7, 11) is 0. The van der Waals surface area contributed by atoms with Gasteiger partial charge in [0.05, 0.1) is 18.9 Å². The van der Waals surface area contributed by atoms with Gasteiger partial charge in [0.25, 0.3) is 0 Å². The van der Waals surface area contributed by atoms with Crippen LogP contribution < -0.4 is 4.74 Å². The minimum atomic E-state index is -0.320. The lowest BCUT2D eigenvalue weighted by Gasteiger charge is -2.12. The second-order valence-electron chi connectivity index (χ2n) is 5.82. The molecule has 0 saturated carbocycles. The first-order chi connectivity index (χ1) is 11.5. The standard InChI is InChI=1S/C19H23NO3S/c1-6-14-10-15(8-9-16(14)23-11-12(3)4)18-20-13(5)17(24-18)19(21)22-7-2/h6,8-10,12H,1,7,11H2,2-5H3. The van der Waals surface area contributed by atoms with E-state index in [0.717, 1.165) is 21.9 Å². The number of aryl methyl sites for hydroxylation is 1. The summed E-state index contributed by atoms with van der Waals surface area (Å²) >= 11 is 1.34. The molecule has 24 heavy (non-hydrogen) atoms. The molecule has 1 aromatic heterocycles. The highest BCUT2D eigenvalue weighted by atomic mass is 32.1. The van der Waals surface area contributed by atoms with E-state index in [1.807, 2.05) is 25.1 Å². The first kappa shape index (κ1) is 18.2. The quantitative estimate of drug-likeness (QED) is 0.665. The van der Waals surface area contributed by atoms with Gasteiger partial charge in [-0.3, -0.25) is 0 Å². The van der Waals surface area contributed by atoms with Gasteiger partial charge in [-0.15, -0.1) is 11.3 Å². The van der Waals surface area contributed by atoms with Crippen molar-refractivity contribution in [3.05, 3.63) is 40.9 Å². The number of thiazole rings is 1. The van der Waals surface area contributed by atoms with E-state index in [0.29, 0.717) is 29.7 Å². The van der Waals surface area contributed by atoms with Crippen LogP contribution in [0.15, 0.2) is 24.8 Å². The van der Waals surface area contributed by atoms with Crippen LogP contribution in [0.4, 0.5) is 0 Å². The largest absolute Gasteiger partial charge is 0.493 e. The monoisotopic (exact) mass is 345 g/mol. The fourth-order valence-corrected chi connectivity index (χ4v) is 3.09. The van der Waals surface area contributed by atoms with E-state index >= 15 is 0 Å². The van der Waals surface area contributed by atoms with Crippen molar-refractivity contribution in [3.63, 3.8) is 0 Å². The second kappa shape index (κ2) is 8.11. The molecule has 0 aliphatic heterocycles. The van der Waals surface area contributed by atoms with E-state index in [1.165, 1.54) is 11.3 Å². The van der Waals surface area contributed by atoms with Crippen LogP contribution in [0, 0.1) is 12.8 Å². The first-order valence-corrected chi connectivity index (χ1v) is 8.82. The van der Waals surface area contributed by atoms with Crippen molar-refractivity contribution < 1.29 is 14.3 Å². The third-order valence-corrected chi connectivity index (χ3v) is 4.49. The van der Waals surface area contributed by atoms with E-state index in [-0.39, 0.29) is 5.97 Å². The van der Waals surface area contributed by atoms with Crippen LogP contribution in [0.3, 0.4) is 0 Å². The maximum absolute atomic E-state index is 11.9. The number of hydrogen-bond donors (Lipinski definition) is 0. The SMILES string of the molecule is C=Cc1cc(-c2nc(C)c(C(=O)OCC)s2)ccc1OCC(C)C. The Hall–Kier alpha value is -2.14. The molecular formula is C19H23NO3S. The van der Waals surface area contributed by atoms with Crippen molar-refractivity contribution >= 4 is 23.4 Å². The summed E-state index contributed by atoms with van der Waals surface area (Å²) in [5, 5.41) is 0.786. The molecule has 0 fully saturated rings. The van der Waals surface area contributed by atoms with Crippen LogP contribution in [-0.2, 0) is 4.74 Å². The Labute approximate surface area is 147 Å². The average molecular weight is 345 g/mol. The van der Waals surface area contributed by atoms with Crippen LogP contribution in [-0.4, -0.2) is 24.2 Å². The Kier molecular flexibility index (Phi) is 6.15. The number of carbonyl (C=O) groups is 1. The molecular weight excluding hydrogens is 322 g/mol. The number of rotatable bonds is 7. The van der Waals surface area contributed by atoms with Crippen LogP contribution in [0.2, 0.25) is 0 Å². The minimum absolute atomic E-state index is 0.320. The minimum Gasteiger partial charge on any atom is -0.493 e. The van der Waals surface area contributed by atoms with Crippen molar-refractivity contribution in [2.75, 3.05) is 13.2 Å². The Bertz CT molecular complexity index is 734. The van der Waals surface area contributed by atoms with Crippen molar-refractivity contribution in [2.24, 2.45) is 5.92 Å². The van der Waals surface area contributed by atoms with Crippen LogP contribution in [0.5, 0.6) is 5.75 Å². The molecule has 0 unspecified atom stereocenters. The van der Waals surface area contributed by atoms with E-state index < -0.39 is 0 Å². The highest BCUT2D eigenvalue weighted by molar-refractivity contribution is 7.17. The maximum Gasteiger partial charge on any atom is 0.350 e. The molecule has 5 heteroatoms. The number of aromatic nitrogens is 1. The average Bonchev–Trinajstić information content (AvgIpc) is 2.94. The highest BCUT2D eigenvalue weighted by Crippen LogP contribution is 2.32. The van der Waals surface area contributed by atoms with E-state index in [9.17, 15) is 4.79 Å². The highest BCUT2D eigenvalue weighted by Gasteiger charge is 2.17. The summed E-state index contributed by atoms with van der Waals surface area (Å²) in [6.45, 7) is 12.7. The van der Waals surface area contributed by atoms with Gasteiger partial charge in [0.15, 0.2) is 0 Å². The van der Waals surface area contributed by atoms with Crippen molar-refractivity contribution in [1.82, 2.24) is 4.98 Å². The third-order valence-electron chi connectivity index (χ3n) is 3.31. The summed E-state index contributed by atoms with van der Waals surface area (Å²) in [5.74, 6) is 0.942. The Morgan fingerprint density at radius 1 is 1.42 bits per heavy atom. The molecule has 128 valence electrons. The van der Waals surface area contributed by atoms with Crippen LogP contribution in [0.1, 0.15) is 41.7 Å². The summed E-state index contributed by atoms with van der Waals surface area (Å²) < 4.78 is 10.9. The molecule has 0 bridgehead atoms. The van der Waals surface area contributed by atoms with E-state index in [4.69, 9.17) is 9.47 Å². The molecule has 0 aliphatic carbocycles. The molecule has 0 atom stereocenters. The molecule has 4 nitrogen and oxygen atoms in total. The van der Waals surface area contributed by atoms with Crippen molar-refractivity contribution in [2.45, 2.75) is 27.7 Å². The molecule has 0 spiro atoms. The van der Waals surface area contributed by atoms with E-state index in [1.54, 1.807) is 13.0 Å². The zero-order valence-corrected chi connectivity index (χ0v) is 15.4. The zero-order chi connectivity index (χ0) is 17.7. The predicted molar refractivity (Wildman–Crippen MR) is 98.7 cm³/mol. The van der Waals surface area contributed by atoms with Crippen LogP contribution in [0.25, 0.3) is 16.6 Å². The fraction of sp³-hybridized carbons (Fsp3) is 0.368. The summed E-state index contributed by atoms with van der Waals surface area (Å²) in [4.78, 5) is 17.0. The molecule has 0 radical (unpaired) electrons. The Morgan fingerprint density at radius 3 is 2.79 bits per heavy atom. The lowest BCUT2D eigenvalue weighted by atomic mass is 10.1. The molecule has 1 aromatic carbocycles. The molecule has 1 heterocycles. The normalized spacial score (nSPS) is 10.7. The fourth-order valence-electron chi connectivity index (χ4n) is 2.13. The number of hydrogen-bond acceptors (Lipinski definition) is 5. The molecule has 2 aromatic rings. The second-order valence-corrected chi connectivity index (χ2v) is 6.81. The van der Waals surface area contributed by atoms with Crippen molar-refractivity contribution in [3.8, 4) is 16.3 Å². The van der Waals surface area contributed by atoms with Gasteiger partial charge in [0, 0.05) is 11.1 Å². The van der Waals surface area contributed by atoms with E-state index in [2.05, 4.69) is 25.4 Å². The smallest absolute Gasteiger partial charge is 0.350 e. The maximum atomic E-state index is 11.9. The number of carbonyl (C=O) groups excluding carboxylic acids is 1. The van der Waals surface area contributed by atoms with Gasteiger partial charge in [-0.1, -0.05) is 26.5 Å². The number of esters is 1. The molecule has 0 N–H and O–H groups in total. The van der Waals surface area contributed by atoms with Gasteiger partial charge in [-0.05, 0) is 38.0 Å². The van der Waals surface area contributed by atoms with Crippen molar-refractivity contribution in [1.29, 1.82) is 0 Å². The lowest BCUT2D eigenvalue weighted by Crippen LogP contribution is -2.05. The summed E-state index contributed by atoms with van der Waals surface area (Å²) in [6.07, 6.45) is 1.77. The van der Waals surface area contributed by atoms with Gasteiger partial charge < -0.3 is 9.47 Å². The predicted octanol–water partition coefficient (Wildman–Crippen LogP) is 4.97. The van der Waals surface area contributed by atoms with Gasteiger partial charge in [-0.2, -0.15) is 0 Å². The van der Waals surface area contributed by atoms with Crippen LogP contribution >= 0.6 is 11.3 Å². The van der Waals surface area contributed by atoms with Gasteiger partial charge in [-0.25, -0.2) is 9.78 Å². The lowest BCUT2D eigenvalue weighted by molar-refractivity contribution is 0.0531. The van der Waals surface area contributed by atoms with Gasteiger partial charge in [0.1, 0.15) is 15.6 Å². The van der Waals surface area contributed by atoms with Gasteiger partial charge >= 0.3 is 5.97 Å². The Morgan fingerprint density at radius 2 is 2.17 bits per heavy atom. The molecule has 0 saturated heterocycles. The Balaban J connectivity index is 2.31. The number of nitrogens with zero attached hydrogens (tertiary/aromatic N) is 1. The summed E-state index contributed by atoms with van der Waals surface area (Å²) in [6, 6.07) is 5.86. The van der Waals surface area contributed by atoms with Gasteiger partial charge in [0.2, 0.25) is 0 Å². The third kappa shape index (κ3) is 4.23. The molecule has 2 rings (SSSR count). The molecule has 0 aliphatic rings. The number of benzene rings is 1. The number of ether oxygens (including phenoxy) is 2. The zero-order valence-electron chi connectivity index (χ0n) is 14.6.